The Morgan fingerprint density at radius 2 is 1.33 bits per heavy atom. The molecular formula is C10H18Cl2N2O4. The first-order valence-electron chi connectivity index (χ1n) is 5.45. The fourth-order valence-corrected chi connectivity index (χ4v) is 1.10. The van der Waals surface area contributed by atoms with Crippen LogP contribution >= 0.6 is 23.6 Å². The Hall–Kier alpha value is -0.560. The molecule has 18 heavy (non-hydrogen) atoms. The maximum absolute atomic E-state index is 10.8. The first kappa shape index (κ1) is 17.4. The number of halogens is 2. The molecule has 0 aliphatic rings. The average molecular weight is 301 g/mol. The standard InChI is InChI=1S/C10H18Cl2N2O4/c1-8(15)13(11)4-6-17-10(3)18-7-5-14(12)9(2)16/h10H,4-7H2,1-3H3. The van der Waals surface area contributed by atoms with Crippen molar-refractivity contribution in [2.45, 2.75) is 27.1 Å². The van der Waals surface area contributed by atoms with Gasteiger partial charge in [0.1, 0.15) is 0 Å². The maximum atomic E-state index is 10.8. The summed E-state index contributed by atoms with van der Waals surface area (Å²) >= 11 is 11.2. The lowest BCUT2D eigenvalue weighted by atomic mass is 10.6. The molecular weight excluding hydrogens is 283 g/mol. The van der Waals surface area contributed by atoms with Crippen molar-refractivity contribution in [3.05, 3.63) is 0 Å². The lowest BCUT2D eigenvalue weighted by Gasteiger charge is -2.17. The number of carbonyl (C=O) groups excluding carboxylic acids is 2. The van der Waals surface area contributed by atoms with Gasteiger partial charge in [-0.05, 0) is 6.92 Å². The van der Waals surface area contributed by atoms with Crippen molar-refractivity contribution in [1.29, 1.82) is 0 Å². The summed E-state index contributed by atoms with van der Waals surface area (Å²) in [5.74, 6) is -0.485. The molecule has 0 aliphatic heterocycles. The Labute approximate surface area is 117 Å². The summed E-state index contributed by atoms with van der Waals surface area (Å²) in [4.78, 5) is 21.6. The highest BCUT2D eigenvalue weighted by molar-refractivity contribution is 6.21. The van der Waals surface area contributed by atoms with Crippen LogP contribution in [0.5, 0.6) is 0 Å². The van der Waals surface area contributed by atoms with Crippen molar-refractivity contribution in [2.75, 3.05) is 26.3 Å². The number of amides is 2. The van der Waals surface area contributed by atoms with Gasteiger partial charge >= 0.3 is 0 Å². The molecule has 0 unspecified atom stereocenters. The van der Waals surface area contributed by atoms with Gasteiger partial charge in [0.05, 0.1) is 26.3 Å². The second-order valence-corrected chi connectivity index (χ2v) is 4.33. The summed E-state index contributed by atoms with van der Waals surface area (Å²) in [6, 6.07) is 0. The molecule has 0 aromatic rings. The molecule has 2 amide bonds. The number of ether oxygens (including phenoxy) is 2. The van der Waals surface area contributed by atoms with E-state index in [1.807, 2.05) is 0 Å². The number of hydrogen-bond donors (Lipinski definition) is 0. The first-order chi connectivity index (χ1) is 8.34. The topological polar surface area (TPSA) is 59.1 Å². The van der Waals surface area contributed by atoms with Gasteiger partial charge in [-0.2, -0.15) is 0 Å². The maximum Gasteiger partial charge on any atom is 0.233 e. The summed E-state index contributed by atoms with van der Waals surface area (Å²) in [7, 11) is 0. The molecule has 0 N–H and O–H groups in total. The fourth-order valence-electron chi connectivity index (χ4n) is 0.961. The zero-order valence-electron chi connectivity index (χ0n) is 10.7. The molecule has 0 aromatic heterocycles. The van der Waals surface area contributed by atoms with E-state index in [9.17, 15) is 9.59 Å². The molecule has 0 bridgehead atoms. The molecule has 0 aromatic carbocycles. The second kappa shape index (κ2) is 9.38. The SMILES string of the molecule is CC(=O)N(Cl)CCOC(C)OCCN(Cl)C(C)=O. The van der Waals surface area contributed by atoms with Gasteiger partial charge in [-0.25, -0.2) is 0 Å². The van der Waals surface area contributed by atoms with Crippen molar-refractivity contribution >= 4 is 35.4 Å². The van der Waals surface area contributed by atoms with E-state index in [0.29, 0.717) is 0 Å². The third kappa shape index (κ3) is 8.52. The fraction of sp³-hybridized carbons (Fsp3) is 0.800. The van der Waals surface area contributed by atoms with Crippen molar-refractivity contribution in [3.63, 3.8) is 0 Å². The van der Waals surface area contributed by atoms with E-state index in [1.54, 1.807) is 6.92 Å². The van der Waals surface area contributed by atoms with Crippen LogP contribution in [0.3, 0.4) is 0 Å². The lowest BCUT2D eigenvalue weighted by Crippen LogP contribution is -2.27. The number of hydrogen-bond acceptors (Lipinski definition) is 4. The van der Waals surface area contributed by atoms with Crippen LogP contribution < -0.4 is 0 Å². The van der Waals surface area contributed by atoms with E-state index in [2.05, 4.69) is 0 Å². The summed E-state index contributed by atoms with van der Waals surface area (Å²) in [6.07, 6.45) is -0.459. The number of nitrogens with zero attached hydrogens (tertiary/aromatic N) is 2. The monoisotopic (exact) mass is 300 g/mol. The van der Waals surface area contributed by atoms with Crippen LogP contribution in [0.4, 0.5) is 0 Å². The molecule has 0 rings (SSSR count). The third-order valence-electron chi connectivity index (χ3n) is 1.96. The van der Waals surface area contributed by atoms with Crippen LogP contribution in [0.25, 0.3) is 0 Å². The molecule has 0 heterocycles. The van der Waals surface area contributed by atoms with Gasteiger partial charge in [-0.3, -0.25) is 18.4 Å². The van der Waals surface area contributed by atoms with Crippen molar-refractivity contribution in [2.24, 2.45) is 0 Å². The van der Waals surface area contributed by atoms with E-state index >= 15 is 0 Å². The Morgan fingerprint density at radius 3 is 1.61 bits per heavy atom. The van der Waals surface area contributed by atoms with Gasteiger partial charge < -0.3 is 9.47 Å². The largest absolute Gasteiger partial charge is 0.351 e. The van der Waals surface area contributed by atoms with Gasteiger partial charge in [0, 0.05) is 37.4 Å². The lowest BCUT2D eigenvalue weighted by molar-refractivity contribution is -0.140. The number of rotatable bonds is 8. The molecule has 106 valence electrons. The number of carbonyl (C=O) groups is 2. The third-order valence-corrected chi connectivity index (χ3v) is 2.78. The molecule has 0 saturated heterocycles. The summed E-state index contributed by atoms with van der Waals surface area (Å²) in [6.45, 7) is 5.52. The van der Waals surface area contributed by atoms with Crippen molar-refractivity contribution < 1.29 is 19.1 Å². The van der Waals surface area contributed by atoms with Gasteiger partial charge in [0.2, 0.25) is 11.8 Å². The summed E-state index contributed by atoms with van der Waals surface area (Å²) in [5.41, 5.74) is 0. The second-order valence-electron chi connectivity index (χ2n) is 3.52. The molecule has 0 saturated carbocycles. The zero-order valence-corrected chi connectivity index (χ0v) is 12.2. The van der Waals surface area contributed by atoms with E-state index in [0.717, 1.165) is 8.84 Å². The van der Waals surface area contributed by atoms with Crippen LogP contribution in [0, 0.1) is 0 Å². The molecule has 0 spiro atoms. The summed E-state index contributed by atoms with van der Waals surface area (Å²) < 4.78 is 12.6. The van der Waals surface area contributed by atoms with E-state index < -0.39 is 6.29 Å². The van der Waals surface area contributed by atoms with Gasteiger partial charge in [0.15, 0.2) is 6.29 Å². The Balaban J connectivity index is 3.57. The van der Waals surface area contributed by atoms with Gasteiger partial charge in [0.25, 0.3) is 0 Å². The summed E-state index contributed by atoms with van der Waals surface area (Å²) in [5, 5.41) is 0. The zero-order chi connectivity index (χ0) is 14.1. The molecule has 6 nitrogen and oxygen atoms in total. The first-order valence-corrected chi connectivity index (χ1v) is 6.13. The van der Waals surface area contributed by atoms with Crippen LogP contribution in [0.1, 0.15) is 20.8 Å². The highest BCUT2D eigenvalue weighted by Crippen LogP contribution is 2.00. The Morgan fingerprint density at radius 1 is 1.00 bits per heavy atom. The van der Waals surface area contributed by atoms with Gasteiger partial charge in [-0.15, -0.1) is 0 Å². The van der Waals surface area contributed by atoms with E-state index in [1.165, 1.54) is 13.8 Å². The molecule has 0 aliphatic carbocycles. The molecule has 0 radical (unpaired) electrons. The minimum absolute atomic E-state index is 0.243. The minimum Gasteiger partial charge on any atom is -0.351 e. The Kier molecular flexibility index (Phi) is 9.09. The molecule has 8 heteroatoms. The minimum atomic E-state index is -0.459. The van der Waals surface area contributed by atoms with E-state index in [4.69, 9.17) is 33.0 Å². The predicted octanol–water partition coefficient (Wildman–Crippen LogP) is 1.37. The average Bonchev–Trinajstić information content (AvgIpc) is 2.28. The van der Waals surface area contributed by atoms with Crippen LogP contribution in [0.15, 0.2) is 0 Å². The van der Waals surface area contributed by atoms with Crippen molar-refractivity contribution in [3.8, 4) is 0 Å². The highest BCUT2D eigenvalue weighted by Gasteiger charge is 2.08. The normalized spacial score (nSPS) is 10.6. The van der Waals surface area contributed by atoms with Crippen molar-refractivity contribution in [1.82, 2.24) is 8.84 Å². The smallest absolute Gasteiger partial charge is 0.233 e. The molecule has 0 atom stereocenters. The molecule has 0 fully saturated rings. The van der Waals surface area contributed by atoms with Crippen LogP contribution in [-0.4, -0.2) is 53.2 Å². The predicted molar refractivity (Wildman–Crippen MR) is 67.8 cm³/mol. The Bertz CT molecular complexity index is 253. The van der Waals surface area contributed by atoms with E-state index in [-0.39, 0.29) is 38.1 Å². The quantitative estimate of drug-likeness (QED) is 0.502. The van der Waals surface area contributed by atoms with Crippen LogP contribution in [-0.2, 0) is 19.1 Å². The van der Waals surface area contributed by atoms with Gasteiger partial charge in [-0.1, -0.05) is 0 Å². The van der Waals surface area contributed by atoms with Crippen LogP contribution in [0.2, 0.25) is 0 Å². The highest BCUT2D eigenvalue weighted by atomic mass is 35.5.